The average molecular weight is 344 g/mol. The molecule has 0 unspecified atom stereocenters. The highest BCUT2D eigenvalue weighted by Crippen LogP contribution is 2.41. The molecule has 2 aliphatic heterocycles. The predicted molar refractivity (Wildman–Crippen MR) is 93.6 cm³/mol. The monoisotopic (exact) mass is 344 g/mol. The van der Waals surface area contributed by atoms with Crippen LogP contribution in [0.25, 0.3) is 0 Å². The first-order chi connectivity index (χ1) is 12.2. The molecule has 6 nitrogen and oxygen atoms in total. The second-order valence-electron chi connectivity index (χ2n) is 8.05. The summed E-state index contributed by atoms with van der Waals surface area (Å²) in [4.78, 5) is 33.6. The van der Waals surface area contributed by atoms with Crippen LogP contribution in [0.15, 0.2) is 18.7 Å². The minimum absolute atomic E-state index is 0.198. The summed E-state index contributed by atoms with van der Waals surface area (Å²) in [5.41, 5.74) is -0.285. The molecule has 6 heteroatoms. The summed E-state index contributed by atoms with van der Waals surface area (Å²) in [5, 5.41) is 0. The number of aryl methyl sites for hydroxylation is 1. The van der Waals surface area contributed by atoms with Crippen LogP contribution in [0.1, 0.15) is 44.9 Å². The van der Waals surface area contributed by atoms with Gasteiger partial charge < -0.3 is 14.4 Å². The van der Waals surface area contributed by atoms with Gasteiger partial charge in [-0.05, 0) is 44.4 Å². The Morgan fingerprint density at radius 2 is 2.16 bits per heavy atom. The van der Waals surface area contributed by atoms with Gasteiger partial charge in [0.25, 0.3) is 0 Å². The van der Waals surface area contributed by atoms with Crippen molar-refractivity contribution in [3.05, 3.63) is 18.7 Å². The quantitative estimate of drug-likeness (QED) is 0.792. The number of piperidine rings is 1. The number of imidazole rings is 1. The predicted octanol–water partition coefficient (Wildman–Crippen LogP) is 1.91. The molecule has 1 aromatic heterocycles. The normalized spacial score (nSPS) is 26.6. The fraction of sp³-hybridized carbons (Fsp3) is 0.737. The van der Waals surface area contributed by atoms with Gasteiger partial charge >= 0.3 is 0 Å². The summed E-state index contributed by atoms with van der Waals surface area (Å²) in [5.74, 6) is 1.25. The third-order valence-electron chi connectivity index (χ3n) is 6.07. The number of aromatic nitrogens is 2. The van der Waals surface area contributed by atoms with Gasteiger partial charge in [0.15, 0.2) is 0 Å². The first kappa shape index (κ1) is 16.6. The average Bonchev–Trinajstić information content (AvgIpc) is 3.10. The number of hydrogen-bond acceptors (Lipinski definition) is 3. The number of carbonyl (C=O) groups is 2. The molecule has 3 heterocycles. The van der Waals surface area contributed by atoms with Crippen LogP contribution in [0, 0.1) is 11.3 Å². The number of amides is 2. The molecule has 3 fully saturated rings. The Labute approximate surface area is 149 Å². The van der Waals surface area contributed by atoms with Crippen LogP contribution < -0.4 is 0 Å². The molecule has 0 bridgehead atoms. The smallest absolute Gasteiger partial charge is 0.230 e. The van der Waals surface area contributed by atoms with E-state index in [1.807, 2.05) is 15.7 Å². The summed E-state index contributed by atoms with van der Waals surface area (Å²) in [7, 11) is 0. The van der Waals surface area contributed by atoms with Gasteiger partial charge in [-0.2, -0.15) is 0 Å². The number of hydrogen-bond donors (Lipinski definition) is 0. The zero-order valence-corrected chi connectivity index (χ0v) is 14.9. The first-order valence-corrected chi connectivity index (χ1v) is 9.69. The molecule has 0 N–H and O–H groups in total. The molecule has 0 radical (unpaired) electrons. The first-order valence-electron chi connectivity index (χ1n) is 9.69. The van der Waals surface area contributed by atoms with Crippen molar-refractivity contribution in [2.24, 2.45) is 11.3 Å². The summed E-state index contributed by atoms with van der Waals surface area (Å²) >= 11 is 0. The Hall–Kier alpha value is -1.85. The van der Waals surface area contributed by atoms with Crippen LogP contribution in [-0.2, 0) is 16.1 Å². The van der Waals surface area contributed by atoms with Crippen LogP contribution in [-0.4, -0.2) is 57.3 Å². The van der Waals surface area contributed by atoms with Crippen molar-refractivity contribution in [1.82, 2.24) is 19.4 Å². The highest BCUT2D eigenvalue weighted by Gasteiger charge is 2.49. The van der Waals surface area contributed by atoms with Crippen LogP contribution >= 0.6 is 0 Å². The molecule has 1 spiro atoms. The molecule has 3 aliphatic rings. The van der Waals surface area contributed by atoms with Gasteiger partial charge in [-0.25, -0.2) is 4.98 Å². The lowest BCUT2D eigenvalue weighted by Gasteiger charge is -2.39. The van der Waals surface area contributed by atoms with Gasteiger partial charge in [-0.15, -0.1) is 0 Å². The highest BCUT2D eigenvalue weighted by molar-refractivity contribution is 5.86. The molecule has 2 saturated heterocycles. The maximum atomic E-state index is 13.0. The Kier molecular flexibility index (Phi) is 4.52. The number of rotatable bonds is 6. The summed E-state index contributed by atoms with van der Waals surface area (Å²) in [6.07, 6.45) is 12.3. The van der Waals surface area contributed by atoms with E-state index in [-0.39, 0.29) is 11.3 Å². The molecule has 1 aromatic rings. The van der Waals surface area contributed by atoms with Crippen molar-refractivity contribution < 1.29 is 9.59 Å². The third kappa shape index (κ3) is 3.58. The van der Waals surface area contributed by atoms with E-state index in [1.165, 1.54) is 12.8 Å². The zero-order valence-electron chi connectivity index (χ0n) is 14.9. The lowest BCUT2D eigenvalue weighted by molar-refractivity contribution is -0.146. The standard InChI is InChI=1S/C19H28N4O2/c24-17(3-1-9-21-12-8-20-15-21)23-11-7-19(14-23)6-2-10-22(18(19)25)13-16-4-5-16/h8,12,15-16H,1-7,9-11,13-14H2/t19-/m1/s1. The second-order valence-corrected chi connectivity index (χ2v) is 8.05. The van der Waals surface area contributed by atoms with Crippen LogP contribution in [0.2, 0.25) is 0 Å². The number of likely N-dealkylation sites (tertiary alicyclic amines) is 2. The topological polar surface area (TPSA) is 58.4 Å². The summed E-state index contributed by atoms with van der Waals surface area (Å²) in [6, 6.07) is 0. The van der Waals surface area contributed by atoms with Gasteiger partial charge in [0.05, 0.1) is 11.7 Å². The van der Waals surface area contributed by atoms with Crippen molar-refractivity contribution in [2.45, 2.75) is 51.5 Å². The Morgan fingerprint density at radius 1 is 1.28 bits per heavy atom. The Morgan fingerprint density at radius 3 is 2.92 bits per heavy atom. The lowest BCUT2D eigenvalue weighted by atomic mass is 9.78. The van der Waals surface area contributed by atoms with E-state index in [4.69, 9.17) is 0 Å². The number of carbonyl (C=O) groups excluding carboxylic acids is 2. The van der Waals surface area contributed by atoms with Gasteiger partial charge in [0.1, 0.15) is 0 Å². The van der Waals surface area contributed by atoms with Gasteiger partial charge in [-0.3, -0.25) is 9.59 Å². The van der Waals surface area contributed by atoms with Crippen LogP contribution in [0.4, 0.5) is 0 Å². The fourth-order valence-electron chi connectivity index (χ4n) is 4.39. The summed E-state index contributed by atoms with van der Waals surface area (Å²) in [6.45, 7) is 4.05. The molecular weight excluding hydrogens is 316 g/mol. The van der Waals surface area contributed by atoms with Crippen molar-refractivity contribution in [1.29, 1.82) is 0 Å². The molecule has 1 aliphatic carbocycles. The van der Waals surface area contributed by atoms with E-state index in [1.54, 1.807) is 12.5 Å². The molecule has 25 heavy (non-hydrogen) atoms. The van der Waals surface area contributed by atoms with E-state index in [0.717, 1.165) is 57.8 Å². The van der Waals surface area contributed by atoms with E-state index in [9.17, 15) is 9.59 Å². The molecule has 1 atom stereocenters. The largest absolute Gasteiger partial charge is 0.342 e. The van der Waals surface area contributed by atoms with Gasteiger partial charge in [-0.1, -0.05) is 0 Å². The molecule has 136 valence electrons. The van der Waals surface area contributed by atoms with Crippen molar-refractivity contribution >= 4 is 11.8 Å². The van der Waals surface area contributed by atoms with Gasteiger partial charge in [0.2, 0.25) is 11.8 Å². The molecule has 4 rings (SSSR count). The maximum Gasteiger partial charge on any atom is 0.230 e. The van der Waals surface area contributed by atoms with Crippen LogP contribution in [0.3, 0.4) is 0 Å². The highest BCUT2D eigenvalue weighted by atomic mass is 16.2. The molecular formula is C19H28N4O2. The Balaban J connectivity index is 1.30. The van der Waals surface area contributed by atoms with Crippen LogP contribution in [0.5, 0.6) is 0 Å². The van der Waals surface area contributed by atoms with E-state index in [2.05, 4.69) is 9.88 Å². The van der Waals surface area contributed by atoms with Crippen molar-refractivity contribution in [3.8, 4) is 0 Å². The van der Waals surface area contributed by atoms with Crippen molar-refractivity contribution in [3.63, 3.8) is 0 Å². The Bertz CT molecular complexity index is 625. The molecule has 2 amide bonds. The second kappa shape index (κ2) is 6.81. The minimum atomic E-state index is -0.285. The van der Waals surface area contributed by atoms with E-state index < -0.39 is 0 Å². The third-order valence-corrected chi connectivity index (χ3v) is 6.07. The fourth-order valence-corrected chi connectivity index (χ4v) is 4.39. The minimum Gasteiger partial charge on any atom is -0.342 e. The SMILES string of the molecule is O=C(CCCn1ccnc1)N1CC[C@]2(CCCN(CC3CC3)C2=O)C1. The van der Waals surface area contributed by atoms with E-state index >= 15 is 0 Å². The number of nitrogens with zero attached hydrogens (tertiary/aromatic N) is 4. The lowest BCUT2D eigenvalue weighted by Crippen LogP contribution is -2.50. The zero-order chi connectivity index (χ0) is 17.3. The van der Waals surface area contributed by atoms with Gasteiger partial charge in [0, 0.05) is 51.5 Å². The summed E-state index contributed by atoms with van der Waals surface area (Å²) < 4.78 is 2.00. The molecule has 0 aromatic carbocycles. The van der Waals surface area contributed by atoms with Crippen molar-refractivity contribution in [2.75, 3.05) is 26.2 Å². The maximum absolute atomic E-state index is 13.0. The van der Waals surface area contributed by atoms with E-state index in [0.29, 0.717) is 18.9 Å². The molecule has 1 saturated carbocycles.